The van der Waals surface area contributed by atoms with Crippen LogP contribution in [0.4, 0.5) is 0 Å². The van der Waals surface area contributed by atoms with Crippen LogP contribution >= 0.6 is 11.8 Å². The van der Waals surface area contributed by atoms with Crippen molar-refractivity contribution in [2.75, 3.05) is 18.8 Å². The molecule has 0 aromatic heterocycles. The molecule has 0 aliphatic heterocycles. The van der Waals surface area contributed by atoms with Crippen molar-refractivity contribution in [2.24, 2.45) is 0 Å². The molecule has 0 aliphatic rings. The fourth-order valence-corrected chi connectivity index (χ4v) is 3.56. The van der Waals surface area contributed by atoms with Crippen LogP contribution in [0.5, 0.6) is 5.75 Å². The summed E-state index contributed by atoms with van der Waals surface area (Å²) in [6.07, 6.45) is 1.98. The van der Waals surface area contributed by atoms with E-state index in [1.807, 2.05) is 0 Å². The zero-order chi connectivity index (χ0) is 19.3. The second-order valence-electron chi connectivity index (χ2n) is 8.49. The Labute approximate surface area is 156 Å². The molecule has 0 radical (unpaired) electrons. The molecule has 5 heteroatoms. The van der Waals surface area contributed by atoms with Gasteiger partial charge >= 0.3 is 5.97 Å². The number of carbonyl (C=O) groups is 1. The van der Waals surface area contributed by atoms with Crippen LogP contribution in [0.25, 0.3) is 0 Å². The number of phenols is 1. The Kier molecular flexibility index (Phi) is 7.82. The number of nitrogens with one attached hydrogen (secondary N) is 1. The highest BCUT2D eigenvalue weighted by molar-refractivity contribution is 7.99. The summed E-state index contributed by atoms with van der Waals surface area (Å²) in [6, 6.07) is 4.22. The van der Waals surface area contributed by atoms with E-state index in [2.05, 4.69) is 59.0 Å². The topological polar surface area (TPSA) is 69.6 Å². The van der Waals surface area contributed by atoms with E-state index in [1.54, 1.807) is 11.8 Å². The van der Waals surface area contributed by atoms with Gasteiger partial charge in [0.05, 0.1) is 6.54 Å². The fourth-order valence-electron chi connectivity index (χ4n) is 2.57. The lowest BCUT2D eigenvalue weighted by Crippen LogP contribution is -2.23. The van der Waals surface area contributed by atoms with Gasteiger partial charge in [0, 0.05) is 16.0 Å². The Bertz CT molecular complexity index is 551. The molecule has 0 atom stereocenters. The van der Waals surface area contributed by atoms with Gasteiger partial charge in [0.25, 0.3) is 0 Å². The number of rotatable bonds is 8. The first-order chi connectivity index (χ1) is 11.4. The number of benzene rings is 1. The van der Waals surface area contributed by atoms with Gasteiger partial charge in [0.2, 0.25) is 0 Å². The van der Waals surface area contributed by atoms with Crippen LogP contribution < -0.4 is 5.32 Å². The zero-order valence-electron chi connectivity index (χ0n) is 16.4. The third kappa shape index (κ3) is 7.28. The molecule has 0 bridgehead atoms. The first-order valence-corrected chi connectivity index (χ1v) is 9.85. The van der Waals surface area contributed by atoms with Crippen LogP contribution in [-0.4, -0.2) is 35.0 Å². The Morgan fingerprint density at radius 3 is 2.00 bits per heavy atom. The van der Waals surface area contributed by atoms with Crippen LogP contribution in [0.15, 0.2) is 17.0 Å². The third-order valence-corrected chi connectivity index (χ3v) is 5.05. The summed E-state index contributed by atoms with van der Waals surface area (Å²) < 4.78 is 0. The average molecular weight is 368 g/mol. The number of phenolic OH excluding ortho intramolecular Hbond substituents is 1. The van der Waals surface area contributed by atoms with Crippen LogP contribution in [-0.2, 0) is 15.6 Å². The standard InChI is InChI=1S/C20H33NO3S/c1-19(2,3)15-11-14(12-16(18(15)24)20(4,5)6)25-10-8-7-9-21-13-17(22)23/h11-12,21,24H,7-10,13H2,1-6H3,(H,22,23). The molecule has 0 fully saturated rings. The van der Waals surface area contributed by atoms with Gasteiger partial charge in [-0.05, 0) is 48.1 Å². The average Bonchev–Trinajstić information content (AvgIpc) is 2.44. The van der Waals surface area contributed by atoms with E-state index in [1.165, 1.54) is 4.90 Å². The SMILES string of the molecule is CC(C)(C)c1cc(SCCCCNCC(=O)O)cc(C(C)(C)C)c1O. The molecule has 1 rings (SSSR count). The van der Waals surface area contributed by atoms with Crippen molar-refractivity contribution in [3.63, 3.8) is 0 Å². The van der Waals surface area contributed by atoms with E-state index >= 15 is 0 Å². The number of thioether (sulfide) groups is 1. The van der Waals surface area contributed by atoms with Gasteiger partial charge in [0.15, 0.2) is 0 Å². The highest BCUT2D eigenvalue weighted by Gasteiger charge is 2.26. The molecule has 3 N–H and O–H groups in total. The Morgan fingerprint density at radius 1 is 1.04 bits per heavy atom. The van der Waals surface area contributed by atoms with Crippen LogP contribution in [0.2, 0.25) is 0 Å². The number of unbranched alkanes of at least 4 members (excludes halogenated alkanes) is 1. The lowest BCUT2D eigenvalue weighted by molar-refractivity contribution is -0.135. The number of aromatic hydroxyl groups is 1. The monoisotopic (exact) mass is 367 g/mol. The second-order valence-corrected chi connectivity index (χ2v) is 9.66. The van der Waals surface area contributed by atoms with Gasteiger partial charge in [0.1, 0.15) is 5.75 Å². The van der Waals surface area contributed by atoms with Gasteiger partial charge in [-0.25, -0.2) is 0 Å². The van der Waals surface area contributed by atoms with E-state index in [0.717, 1.165) is 36.3 Å². The molecule has 0 spiro atoms. The molecular weight excluding hydrogens is 334 g/mol. The molecular formula is C20H33NO3S. The van der Waals surface area contributed by atoms with E-state index in [9.17, 15) is 9.90 Å². The quantitative estimate of drug-likeness (QED) is 0.465. The number of aliphatic carboxylic acids is 1. The molecule has 0 saturated carbocycles. The van der Waals surface area contributed by atoms with Crippen LogP contribution in [0.3, 0.4) is 0 Å². The number of carboxylic acids is 1. The summed E-state index contributed by atoms with van der Waals surface area (Å²) in [7, 11) is 0. The Balaban J connectivity index is 2.75. The van der Waals surface area contributed by atoms with Crippen LogP contribution in [0.1, 0.15) is 65.5 Å². The summed E-state index contributed by atoms with van der Waals surface area (Å²) in [6.45, 7) is 13.5. The van der Waals surface area contributed by atoms with Crippen molar-refractivity contribution in [1.29, 1.82) is 0 Å². The van der Waals surface area contributed by atoms with Crippen molar-refractivity contribution in [2.45, 2.75) is 70.1 Å². The maximum Gasteiger partial charge on any atom is 0.317 e. The normalized spacial score (nSPS) is 12.4. The van der Waals surface area contributed by atoms with Crippen LogP contribution in [0, 0.1) is 0 Å². The van der Waals surface area contributed by atoms with Gasteiger partial charge in [-0.3, -0.25) is 4.79 Å². The fraction of sp³-hybridized carbons (Fsp3) is 0.650. The van der Waals surface area contributed by atoms with Gasteiger partial charge in [-0.1, -0.05) is 41.5 Å². The third-order valence-electron chi connectivity index (χ3n) is 3.99. The summed E-state index contributed by atoms with van der Waals surface area (Å²) in [5.41, 5.74) is 1.76. The molecule has 25 heavy (non-hydrogen) atoms. The zero-order valence-corrected chi connectivity index (χ0v) is 17.2. The summed E-state index contributed by atoms with van der Waals surface area (Å²) in [5.74, 6) is 0.581. The molecule has 1 aromatic rings. The number of carboxylic acid groups (broad SMARTS) is 1. The number of hydrogen-bond donors (Lipinski definition) is 3. The highest BCUT2D eigenvalue weighted by Crippen LogP contribution is 2.41. The van der Waals surface area contributed by atoms with E-state index < -0.39 is 5.97 Å². The minimum Gasteiger partial charge on any atom is -0.507 e. The van der Waals surface area contributed by atoms with E-state index in [4.69, 9.17) is 5.11 Å². The summed E-state index contributed by atoms with van der Waals surface area (Å²) in [5, 5.41) is 22.2. The van der Waals surface area contributed by atoms with Crippen molar-refractivity contribution in [1.82, 2.24) is 5.32 Å². The molecule has 0 aliphatic carbocycles. The lowest BCUT2D eigenvalue weighted by atomic mass is 9.79. The predicted molar refractivity (Wildman–Crippen MR) is 106 cm³/mol. The molecule has 142 valence electrons. The first-order valence-electron chi connectivity index (χ1n) is 8.86. The van der Waals surface area contributed by atoms with Gasteiger partial charge in [-0.15, -0.1) is 11.8 Å². The van der Waals surface area contributed by atoms with Gasteiger partial charge in [-0.2, -0.15) is 0 Å². The van der Waals surface area contributed by atoms with E-state index in [-0.39, 0.29) is 17.4 Å². The summed E-state index contributed by atoms with van der Waals surface area (Å²) >= 11 is 1.80. The molecule has 0 saturated heterocycles. The van der Waals surface area contributed by atoms with Crippen molar-refractivity contribution in [3.8, 4) is 5.75 Å². The van der Waals surface area contributed by atoms with Gasteiger partial charge < -0.3 is 15.5 Å². The second kappa shape index (κ2) is 8.95. The lowest BCUT2D eigenvalue weighted by Gasteiger charge is -2.28. The largest absolute Gasteiger partial charge is 0.507 e. The van der Waals surface area contributed by atoms with Crippen molar-refractivity contribution >= 4 is 17.7 Å². The molecule has 4 nitrogen and oxygen atoms in total. The predicted octanol–water partition coefficient (Wildman–Crippen LogP) is 4.53. The first kappa shape index (κ1) is 21.8. The summed E-state index contributed by atoms with van der Waals surface area (Å²) in [4.78, 5) is 11.6. The molecule has 0 heterocycles. The molecule has 0 amide bonds. The maximum absolute atomic E-state index is 10.7. The maximum atomic E-state index is 10.7. The Morgan fingerprint density at radius 2 is 1.56 bits per heavy atom. The van der Waals surface area contributed by atoms with Crippen molar-refractivity contribution < 1.29 is 15.0 Å². The molecule has 0 unspecified atom stereocenters. The smallest absolute Gasteiger partial charge is 0.317 e. The minimum absolute atomic E-state index is 0.0228. The van der Waals surface area contributed by atoms with Crippen molar-refractivity contribution in [3.05, 3.63) is 23.3 Å². The highest BCUT2D eigenvalue weighted by atomic mass is 32.2. The molecule has 1 aromatic carbocycles. The van der Waals surface area contributed by atoms with E-state index in [0.29, 0.717) is 5.75 Å². The Hall–Kier alpha value is -1.20. The minimum atomic E-state index is -0.817. The number of hydrogen-bond acceptors (Lipinski definition) is 4.